The van der Waals surface area contributed by atoms with Crippen LogP contribution in [0.15, 0.2) is 212 Å². The normalized spacial score (nSPS) is 11.6. The third kappa shape index (κ3) is 6.02. The Morgan fingerprint density at radius 2 is 0.869 bits per heavy atom. The zero-order chi connectivity index (χ0) is 40.3. The van der Waals surface area contributed by atoms with Crippen LogP contribution >= 0.6 is 0 Å². The standard InChI is InChI=1S/C56H35N5/c1-4-12-36(13-5-1)47-35-42-16-10-11-19-46(42)56-52(47)53(60-61(56)45-17-8-3-9-18-45)39-22-20-38(21-23-39)48-32-28-43-34-44(29-33-50(43)57-48)51-31-27-41-25-24-40-26-30-49(37-14-6-2-7-15-37)58-54(40)55(41)59-51/h1-35H. The first kappa shape index (κ1) is 34.7. The van der Waals surface area contributed by atoms with Gasteiger partial charge in [-0.15, -0.1) is 0 Å². The molecule has 4 heterocycles. The van der Waals surface area contributed by atoms with Crippen molar-refractivity contribution in [3.05, 3.63) is 212 Å². The van der Waals surface area contributed by atoms with Crippen molar-refractivity contribution in [3.63, 3.8) is 0 Å². The Morgan fingerprint density at radius 3 is 1.57 bits per heavy atom. The highest BCUT2D eigenvalue weighted by molar-refractivity contribution is 6.17. The molecule has 0 saturated heterocycles. The molecule has 61 heavy (non-hydrogen) atoms. The molecule has 5 nitrogen and oxygen atoms in total. The van der Waals surface area contributed by atoms with Crippen molar-refractivity contribution < 1.29 is 0 Å². The van der Waals surface area contributed by atoms with E-state index < -0.39 is 0 Å². The molecule has 0 radical (unpaired) electrons. The summed E-state index contributed by atoms with van der Waals surface area (Å²) in [6.45, 7) is 0. The fourth-order valence-electron chi connectivity index (χ4n) is 8.73. The second-order valence-corrected chi connectivity index (χ2v) is 15.5. The Balaban J connectivity index is 0.915. The maximum absolute atomic E-state index is 5.38. The Kier molecular flexibility index (Phi) is 8.10. The molecule has 0 saturated carbocycles. The second-order valence-electron chi connectivity index (χ2n) is 15.5. The third-order valence-corrected chi connectivity index (χ3v) is 11.8. The van der Waals surface area contributed by atoms with Gasteiger partial charge in [-0.2, -0.15) is 5.10 Å². The number of aromatic nitrogens is 5. The van der Waals surface area contributed by atoms with Gasteiger partial charge in [-0.3, -0.25) is 0 Å². The van der Waals surface area contributed by atoms with E-state index in [9.17, 15) is 0 Å². The molecular weight excluding hydrogens is 743 g/mol. The first-order chi connectivity index (χ1) is 30.2. The molecule has 0 atom stereocenters. The summed E-state index contributed by atoms with van der Waals surface area (Å²) in [7, 11) is 0. The van der Waals surface area contributed by atoms with Gasteiger partial charge in [0, 0.05) is 49.2 Å². The summed E-state index contributed by atoms with van der Waals surface area (Å²) in [4.78, 5) is 15.4. The zero-order valence-corrected chi connectivity index (χ0v) is 32.9. The van der Waals surface area contributed by atoms with Gasteiger partial charge in [0.1, 0.15) is 5.69 Å². The molecule has 4 aromatic heterocycles. The van der Waals surface area contributed by atoms with Crippen LogP contribution in [0.5, 0.6) is 0 Å². The van der Waals surface area contributed by atoms with Gasteiger partial charge in [-0.1, -0.05) is 164 Å². The number of pyridine rings is 3. The summed E-state index contributed by atoms with van der Waals surface area (Å²) in [6, 6.07) is 74.3. The van der Waals surface area contributed by atoms with Gasteiger partial charge in [-0.05, 0) is 65.0 Å². The van der Waals surface area contributed by atoms with Crippen molar-refractivity contribution in [2.75, 3.05) is 0 Å². The van der Waals surface area contributed by atoms with Gasteiger partial charge in [0.2, 0.25) is 0 Å². The predicted octanol–water partition coefficient (Wildman–Crippen LogP) is 14.2. The highest BCUT2D eigenvalue weighted by Gasteiger charge is 2.21. The minimum absolute atomic E-state index is 0.897. The number of hydrogen-bond donors (Lipinski definition) is 0. The van der Waals surface area contributed by atoms with E-state index in [0.717, 1.165) is 105 Å². The van der Waals surface area contributed by atoms with Crippen molar-refractivity contribution >= 4 is 54.4 Å². The van der Waals surface area contributed by atoms with E-state index >= 15 is 0 Å². The van der Waals surface area contributed by atoms with Gasteiger partial charge in [0.25, 0.3) is 0 Å². The van der Waals surface area contributed by atoms with Crippen molar-refractivity contribution in [3.8, 4) is 61.8 Å². The molecule has 12 aromatic rings. The van der Waals surface area contributed by atoms with Crippen LogP contribution in [0.1, 0.15) is 0 Å². The smallest absolute Gasteiger partial charge is 0.101 e. The molecule has 0 bridgehead atoms. The molecule has 0 aliphatic heterocycles. The van der Waals surface area contributed by atoms with Crippen LogP contribution in [-0.2, 0) is 0 Å². The molecule has 0 N–H and O–H groups in total. The van der Waals surface area contributed by atoms with Gasteiger partial charge < -0.3 is 0 Å². The lowest BCUT2D eigenvalue weighted by molar-refractivity contribution is 0.918. The van der Waals surface area contributed by atoms with Crippen molar-refractivity contribution in [1.82, 2.24) is 24.7 Å². The Hall–Kier alpha value is -8.28. The summed E-state index contributed by atoms with van der Waals surface area (Å²) in [5.74, 6) is 0. The SMILES string of the molecule is c1ccc(-c2ccc3ccc4ccc(-c5ccc6nc(-c7ccc(-c8nn(-c9ccccc9)c9c8c(-c8ccccc8)cc8ccccc89)cc7)ccc6c5)nc4c3n2)cc1. The highest BCUT2D eigenvalue weighted by Crippen LogP contribution is 2.42. The lowest BCUT2D eigenvalue weighted by Gasteiger charge is -2.11. The van der Waals surface area contributed by atoms with E-state index in [-0.39, 0.29) is 0 Å². The molecule has 0 aliphatic rings. The minimum Gasteiger partial charge on any atom is -0.248 e. The number of rotatable bonds is 6. The average Bonchev–Trinajstić information content (AvgIpc) is 3.75. The largest absolute Gasteiger partial charge is 0.248 e. The second kappa shape index (κ2) is 14.2. The third-order valence-electron chi connectivity index (χ3n) is 11.8. The van der Waals surface area contributed by atoms with Crippen molar-refractivity contribution in [1.29, 1.82) is 0 Å². The molecule has 0 aliphatic carbocycles. The maximum Gasteiger partial charge on any atom is 0.101 e. The quantitative estimate of drug-likeness (QED) is 0.158. The molecule has 0 spiro atoms. The number of hydrogen-bond acceptors (Lipinski definition) is 4. The summed E-state index contributed by atoms with van der Waals surface area (Å²) in [5.41, 5.74) is 15.1. The van der Waals surface area contributed by atoms with E-state index in [4.69, 9.17) is 20.1 Å². The topological polar surface area (TPSA) is 56.5 Å². The molecule has 12 rings (SSSR count). The molecule has 0 amide bonds. The fraction of sp³-hybridized carbons (Fsp3) is 0. The van der Waals surface area contributed by atoms with Crippen LogP contribution in [0.4, 0.5) is 0 Å². The molecule has 0 unspecified atom stereocenters. The van der Waals surface area contributed by atoms with E-state index in [1.807, 2.05) is 24.3 Å². The van der Waals surface area contributed by atoms with Crippen LogP contribution in [0, 0.1) is 0 Å². The first-order valence-corrected chi connectivity index (χ1v) is 20.6. The number of para-hydroxylation sites is 1. The predicted molar refractivity (Wildman–Crippen MR) is 252 cm³/mol. The van der Waals surface area contributed by atoms with E-state index in [2.05, 4.69) is 193 Å². The summed E-state index contributed by atoms with van der Waals surface area (Å²) < 4.78 is 2.11. The van der Waals surface area contributed by atoms with Crippen molar-refractivity contribution in [2.45, 2.75) is 0 Å². The van der Waals surface area contributed by atoms with Gasteiger partial charge >= 0.3 is 0 Å². The van der Waals surface area contributed by atoms with Crippen LogP contribution in [0.25, 0.3) is 116 Å². The van der Waals surface area contributed by atoms with Gasteiger partial charge in [0.05, 0.1) is 44.8 Å². The van der Waals surface area contributed by atoms with Crippen molar-refractivity contribution in [2.24, 2.45) is 0 Å². The van der Waals surface area contributed by atoms with Crippen LogP contribution in [0.2, 0.25) is 0 Å². The Labute approximate surface area is 351 Å². The lowest BCUT2D eigenvalue weighted by atomic mass is 9.93. The van der Waals surface area contributed by atoms with E-state index in [1.165, 1.54) is 10.8 Å². The molecule has 5 heteroatoms. The molecule has 0 fully saturated rings. The highest BCUT2D eigenvalue weighted by atomic mass is 15.3. The fourth-order valence-corrected chi connectivity index (χ4v) is 8.73. The van der Waals surface area contributed by atoms with Crippen LogP contribution in [-0.4, -0.2) is 24.7 Å². The zero-order valence-electron chi connectivity index (χ0n) is 32.9. The molecular formula is C56H35N5. The summed E-state index contributed by atoms with van der Waals surface area (Å²) in [6.07, 6.45) is 0. The van der Waals surface area contributed by atoms with Crippen LogP contribution in [0.3, 0.4) is 0 Å². The monoisotopic (exact) mass is 777 g/mol. The first-order valence-electron chi connectivity index (χ1n) is 20.6. The number of nitrogens with zero attached hydrogens (tertiary/aromatic N) is 5. The van der Waals surface area contributed by atoms with E-state index in [1.54, 1.807) is 0 Å². The number of benzene rings is 8. The van der Waals surface area contributed by atoms with Crippen LogP contribution < -0.4 is 0 Å². The van der Waals surface area contributed by atoms with Gasteiger partial charge in [-0.25, -0.2) is 19.6 Å². The Morgan fingerprint density at radius 1 is 0.344 bits per heavy atom. The average molecular weight is 778 g/mol. The maximum atomic E-state index is 5.38. The summed E-state index contributed by atoms with van der Waals surface area (Å²) >= 11 is 0. The van der Waals surface area contributed by atoms with Gasteiger partial charge in [0.15, 0.2) is 0 Å². The minimum atomic E-state index is 0.897. The van der Waals surface area contributed by atoms with E-state index in [0.29, 0.717) is 0 Å². The summed E-state index contributed by atoms with van der Waals surface area (Å²) in [5, 5.41) is 12.0. The number of fused-ring (bicyclic) bond motifs is 7. The lowest BCUT2D eigenvalue weighted by Crippen LogP contribution is -1.96. The Bertz CT molecular complexity index is 3620. The molecule has 8 aromatic carbocycles. The molecule has 284 valence electrons.